The van der Waals surface area contributed by atoms with E-state index >= 15 is 0 Å². The summed E-state index contributed by atoms with van der Waals surface area (Å²) in [5.41, 5.74) is 1.30. The molecule has 0 atom stereocenters. The summed E-state index contributed by atoms with van der Waals surface area (Å²) in [5, 5.41) is 3.51. The number of rotatable bonds is 8. The van der Waals surface area contributed by atoms with Crippen molar-refractivity contribution in [1.29, 1.82) is 0 Å². The molecule has 0 rings (SSSR count). The van der Waals surface area contributed by atoms with Crippen molar-refractivity contribution in [1.82, 2.24) is 5.32 Å². The first-order chi connectivity index (χ1) is 6.64. The number of hydrogen-bond acceptors (Lipinski definition) is 2. The molecule has 0 aliphatic rings. The number of nitrogens with one attached hydrogen (secondary N) is 1. The van der Waals surface area contributed by atoms with E-state index in [1.54, 1.807) is 0 Å². The minimum Gasteiger partial charge on any atom is -0.312 e. The molecule has 0 spiro atoms. The van der Waals surface area contributed by atoms with Crippen LogP contribution in [0.5, 0.6) is 0 Å². The van der Waals surface area contributed by atoms with Gasteiger partial charge in [-0.15, -0.1) is 0 Å². The van der Waals surface area contributed by atoms with Gasteiger partial charge in [-0.05, 0) is 25.5 Å². The third-order valence-corrected chi connectivity index (χ3v) is 4.63. The Balaban J connectivity index is 3.88. The van der Waals surface area contributed by atoms with Crippen LogP contribution in [0.25, 0.3) is 0 Å². The van der Waals surface area contributed by atoms with Gasteiger partial charge in [-0.3, -0.25) is 0 Å². The summed E-state index contributed by atoms with van der Waals surface area (Å²) in [5.74, 6) is 0. The molecule has 0 unspecified atom stereocenters. The molecule has 0 heterocycles. The molecular weight excluding hydrogens is 190 g/mol. The summed E-state index contributed by atoms with van der Waals surface area (Å²) in [6, 6.07) is 0. The van der Waals surface area contributed by atoms with Crippen LogP contribution in [0.2, 0.25) is 0 Å². The van der Waals surface area contributed by atoms with Crippen LogP contribution in [0.3, 0.4) is 0 Å². The van der Waals surface area contributed by atoms with Crippen LogP contribution >= 0.6 is 11.8 Å². The zero-order chi connectivity index (χ0) is 11.0. The lowest BCUT2D eigenvalue weighted by Gasteiger charge is -2.30. The van der Waals surface area contributed by atoms with Crippen molar-refractivity contribution in [2.24, 2.45) is 0 Å². The minimum absolute atomic E-state index is 0.425. The van der Waals surface area contributed by atoms with E-state index in [1.165, 1.54) is 18.4 Å². The van der Waals surface area contributed by atoms with Crippen molar-refractivity contribution < 1.29 is 0 Å². The molecule has 84 valence electrons. The van der Waals surface area contributed by atoms with Gasteiger partial charge in [-0.25, -0.2) is 0 Å². The highest BCUT2D eigenvalue weighted by atomic mass is 32.2. The molecular formula is C12H25NS. The van der Waals surface area contributed by atoms with E-state index in [1.807, 2.05) is 11.8 Å². The van der Waals surface area contributed by atoms with Crippen LogP contribution in [-0.4, -0.2) is 24.1 Å². The van der Waals surface area contributed by atoms with Gasteiger partial charge in [0.2, 0.25) is 0 Å². The fourth-order valence-electron chi connectivity index (χ4n) is 1.45. The van der Waals surface area contributed by atoms with Gasteiger partial charge >= 0.3 is 0 Å². The van der Waals surface area contributed by atoms with Crippen molar-refractivity contribution >= 4 is 11.8 Å². The quantitative estimate of drug-likeness (QED) is 0.622. The summed E-state index contributed by atoms with van der Waals surface area (Å²) >= 11 is 1.98. The Bertz CT molecular complexity index is 153. The van der Waals surface area contributed by atoms with E-state index in [-0.39, 0.29) is 0 Å². The molecule has 2 heteroatoms. The standard InChI is InChI=1S/C12H25NS/c1-6-11(4)9-13-10-12(7-2,8-3)14-5/h13H,4,6-10H2,1-3,5H3. The summed E-state index contributed by atoms with van der Waals surface area (Å²) in [4.78, 5) is 0. The highest BCUT2D eigenvalue weighted by Gasteiger charge is 2.23. The Kier molecular flexibility index (Phi) is 7.38. The van der Waals surface area contributed by atoms with E-state index in [0.717, 1.165) is 19.5 Å². The molecule has 0 aliphatic carbocycles. The second-order valence-electron chi connectivity index (χ2n) is 3.80. The normalized spacial score (nSPS) is 11.7. The zero-order valence-corrected chi connectivity index (χ0v) is 11.0. The van der Waals surface area contributed by atoms with Crippen molar-refractivity contribution in [2.75, 3.05) is 19.3 Å². The molecule has 0 aliphatic heterocycles. The fraction of sp³-hybridized carbons (Fsp3) is 0.833. The topological polar surface area (TPSA) is 12.0 Å². The lowest BCUT2D eigenvalue weighted by molar-refractivity contribution is 0.505. The monoisotopic (exact) mass is 215 g/mol. The summed E-state index contributed by atoms with van der Waals surface area (Å²) in [6.45, 7) is 12.8. The van der Waals surface area contributed by atoms with Crippen molar-refractivity contribution in [3.05, 3.63) is 12.2 Å². The predicted octanol–water partition coefficient (Wildman–Crippen LogP) is 3.46. The van der Waals surface area contributed by atoms with E-state index in [9.17, 15) is 0 Å². The molecule has 0 saturated heterocycles. The molecule has 0 bridgehead atoms. The van der Waals surface area contributed by atoms with Crippen LogP contribution in [0, 0.1) is 0 Å². The van der Waals surface area contributed by atoms with Crippen LogP contribution in [0.15, 0.2) is 12.2 Å². The van der Waals surface area contributed by atoms with Gasteiger partial charge in [0.1, 0.15) is 0 Å². The lowest BCUT2D eigenvalue weighted by Crippen LogP contribution is -2.37. The summed E-state index contributed by atoms with van der Waals surface area (Å²) < 4.78 is 0.425. The molecule has 1 N–H and O–H groups in total. The Hall–Kier alpha value is 0.0500. The minimum atomic E-state index is 0.425. The van der Waals surface area contributed by atoms with Crippen LogP contribution < -0.4 is 5.32 Å². The third-order valence-electron chi connectivity index (χ3n) is 3.04. The third kappa shape index (κ3) is 4.52. The maximum absolute atomic E-state index is 4.00. The van der Waals surface area contributed by atoms with E-state index in [0.29, 0.717) is 4.75 Å². The van der Waals surface area contributed by atoms with E-state index in [2.05, 4.69) is 38.9 Å². The molecule has 0 saturated carbocycles. The molecule has 0 aromatic carbocycles. The molecule has 0 fully saturated rings. The maximum atomic E-state index is 4.00. The van der Waals surface area contributed by atoms with Crippen molar-refractivity contribution in [2.45, 2.75) is 44.8 Å². The average molecular weight is 215 g/mol. The fourth-order valence-corrected chi connectivity index (χ4v) is 2.28. The van der Waals surface area contributed by atoms with Gasteiger partial charge in [0.15, 0.2) is 0 Å². The Labute approximate surface area is 93.7 Å². The molecule has 1 nitrogen and oxygen atoms in total. The van der Waals surface area contributed by atoms with Gasteiger partial charge in [0, 0.05) is 17.8 Å². The first-order valence-electron chi connectivity index (χ1n) is 5.56. The lowest BCUT2D eigenvalue weighted by atomic mass is 10.0. The number of thioether (sulfide) groups is 1. The first-order valence-corrected chi connectivity index (χ1v) is 6.79. The Morgan fingerprint density at radius 2 is 1.86 bits per heavy atom. The smallest absolute Gasteiger partial charge is 0.0276 e. The van der Waals surface area contributed by atoms with Gasteiger partial charge in [0.05, 0.1) is 0 Å². The second kappa shape index (κ2) is 7.36. The molecule has 0 aromatic rings. The van der Waals surface area contributed by atoms with Gasteiger partial charge in [-0.1, -0.05) is 32.9 Å². The van der Waals surface area contributed by atoms with Crippen molar-refractivity contribution in [3.63, 3.8) is 0 Å². The van der Waals surface area contributed by atoms with Crippen LogP contribution in [-0.2, 0) is 0 Å². The molecule has 0 radical (unpaired) electrons. The summed E-state index contributed by atoms with van der Waals surface area (Å²) in [6.07, 6.45) is 5.76. The predicted molar refractivity (Wildman–Crippen MR) is 69.1 cm³/mol. The Morgan fingerprint density at radius 1 is 1.29 bits per heavy atom. The summed E-state index contributed by atoms with van der Waals surface area (Å²) in [7, 11) is 0. The van der Waals surface area contributed by atoms with Gasteiger partial charge < -0.3 is 5.32 Å². The van der Waals surface area contributed by atoms with Gasteiger partial charge in [-0.2, -0.15) is 11.8 Å². The molecule has 14 heavy (non-hydrogen) atoms. The average Bonchev–Trinajstić information content (AvgIpc) is 2.25. The molecule has 0 amide bonds. The van der Waals surface area contributed by atoms with Gasteiger partial charge in [0.25, 0.3) is 0 Å². The van der Waals surface area contributed by atoms with E-state index < -0.39 is 0 Å². The number of hydrogen-bond donors (Lipinski definition) is 1. The van der Waals surface area contributed by atoms with Crippen LogP contribution in [0.4, 0.5) is 0 Å². The van der Waals surface area contributed by atoms with E-state index in [4.69, 9.17) is 0 Å². The molecule has 0 aromatic heterocycles. The second-order valence-corrected chi connectivity index (χ2v) is 5.08. The van der Waals surface area contributed by atoms with Crippen LogP contribution in [0.1, 0.15) is 40.0 Å². The largest absolute Gasteiger partial charge is 0.312 e. The highest BCUT2D eigenvalue weighted by Crippen LogP contribution is 2.29. The Morgan fingerprint density at radius 3 is 2.21 bits per heavy atom. The maximum Gasteiger partial charge on any atom is 0.0276 e. The zero-order valence-electron chi connectivity index (χ0n) is 10.2. The van der Waals surface area contributed by atoms with Crippen molar-refractivity contribution in [3.8, 4) is 0 Å². The first kappa shape index (κ1) is 14.1. The SMILES string of the molecule is C=C(CC)CNCC(CC)(CC)SC. The highest BCUT2D eigenvalue weighted by molar-refractivity contribution is 8.00.